The monoisotopic (exact) mass is 267 g/mol. The van der Waals surface area contributed by atoms with Crippen LogP contribution < -0.4 is 0 Å². The minimum absolute atomic E-state index is 0.0452. The molecular formula is C10H21NO5S. The van der Waals surface area contributed by atoms with Crippen molar-refractivity contribution in [2.45, 2.75) is 18.1 Å². The van der Waals surface area contributed by atoms with Gasteiger partial charge in [0.05, 0.1) is 25.1 Å². The van der Waals surface area contributed by atoms with Gasteiger partial charge in [0.1, 0.15) is 0 Å². The van der Waals surface area contributed by atoms with E-state index < -0.39 is 10.0 Å². The molecule has 1 saturated heterocycles. The van der Waals surface area contributed by atoms with E-state index in [1.54, 1.807) is 7.05 Å². The Hall–Kier alpha value is -0.210. The van der Waals surface area contributed by atoms with Crippen molar-refractivity contribution in [1.82, 2.24) is 4.31 Å². The Balaban J connectivity index is 2.39. The molecule has 0 amide bonds. The predicted octanol–water partition coefficient (Wildman–Crippen LogP) is -0.564. The van der Waals surface area contributed by atoms with Crippen LogP contribution in [0.25, 0.3) is 0 Å². The minimum Gasteiger partial charge on any atom is -0.394 e. The van der Waals surface area contributed by atoms with Gasteiger partial charge in [-0.05, 0) is 12.8 Å². The molecule has 0 aromatic heterocycles. The largest absolute Gasteiger partial charge is 0.394 e. The molecule has 1 fully saturated rings. The Labute approximate surface area is 103 Å². The van der Waals surface area contributed by atoms with Crippen LogP contribution in [0, 0.1) is 0 Å². The highest BCUT2D eigenvalue weighted by Crippen LogP contribution is 2.18. The molecule has 102 valence electrons. The number of aliphatic hydroxyl groups is 1. The maximum atomic E-state index is 12.1. The van der Waals surface area contributed by atoms with Crippen molar-refractivity contribution in [2.75, 3.05) is 46.6 Å². The minimum atomic E-state index is -3.24. The maximum Gasteiger partial charge on any atom is 0.216 e. The van der Waals surface area contributed by atoms with E-state index in [9.17, 15) is 8.42 Å². The predicted molar refractivity (Wildman–Crippen MR) is 63.3 cm³/mol. The summed E-state index contributed by atoms with van der Waals surface area (Å²) in [6.45, 7) is 1.85. The van der Waals surface area contributed by atoms with Crippen LogP contribution >= 0.6 is 0 Å². The normalized spacial score (nSPS) is 18.8. The average molecular weight is 267 g/mol. The van der Waals surface area contributed by atoms with Gasteiger partial charge in [0.25, 0.3) is 0 Å². The lowest BCUT2D eigenvalue weighted by atomic mass is 10.2. The first-order valence-corrected chi connectivity index (χ1v) is 7.31. The van der Waals surface area contributed by atoms with Gasteiger partial charge < -0.3 is 14.6 Å². The molecule has 7 heteroatoms. The standard InChI is InChI=1S/C10H21NO5S/c1-11(4-8-16-9-5-12)17(13,14)10-2-6-15-7-3-10/h10,12H,2-9H2,1H3. The highest BCUT2D eigenvalue weighted by molar-refractivity contribution is 7.89. The summed E-state index contributed by atoms with van der Waals surface area (Å²) >= 11 is 0. The Morgan fingerprint density at radius 1 is 1.35 bits per heavy atom. The molecule has 17 heavy (non-hydrogen) atoms. The van der Waals surface area contributed by atoms with Crippen molar-refractivity contribution >= 4 is 10.0 Å². The number of ether oxygens (including phenoxy) is 2. The Morgan fingerprint density at radius 2 is 2.00 bits per heavy atom. The van der Waals surface area contributed by atoms with E-state index in [4.69, 9.17) is 14.6 Å². The first-order valence-electron chi connectivity index (χ1n) is 5.80. The summed E-state index contributed by atoms with van der Waals surface area (Å²) in [6, 6.07) is 0. The van der Waals surface area contributed by atoms with Crippen LogP contribution in [0.5, 0.6) is 0 Å². The van der Waals surface area contributed by atoms with Crippen LogP contribution in [0.3, 0.4) is 0 Å². The molecule has 0 aromatic rings. The summed E-state index contributed by atoms with van der Waals surface area (Å²) in [5, 5.41) is 8.19. The maximum absolute atomic E-state index is 12.1. The molecule has 0 radical (unpaired) electrons. The van der Waals surface area contributed by atoms with Crippen LogP contribution in [0.2, 0.25) is 0 Å². The fraction of sp³-hybridized carbons (Fsp3) is 1.00. The molecule has 0 aliphatic carbocycles. The van der Waals surface area contributed by atoms with Crippen LogP contribution in [-0.4, -0.2) is 69.7 Å². The Morgan fingerprint density at radius 3 is 2.59 bits per heavy atom. The van der Waals surface area contributed by atoms with Gasteiger partial charge in [0.15, 0.2) is 0 Å². The molecule has 0 aromatic carbocycles. The highest BCUT2D eigenvalue weighted by Gasteiger charge is 2.30. The molecular weight excluding hydrogens is 246 g/mol. The third-order valence-electron chi connectivity index (χ3n) is 2.81. The molecule has 1 aliphatic rings. The fourth-order valence-electron chi connectivity index (χ4n) is 1.72. The highest BCUT2D eigenvalue weighted by atomic mass is 32.2. The molecule has 6 nitrogen and oxygen atoms in total. The summed E-state index contributed by atoms with van der Waals surface area (Å²) in [4.78, 5) is 0. The van der Waals surface area contributed by atoms with E-state index in [1.807, 2.05) is 0 Å². The number of rotatable bonds is 7. The molecule has 0 spiro atoms. The second-order valence-corrected chi connectivity index (χ2v) is 6.33. The van der Waals surface area contributed by atoms with E-state index in [1.165, 1.54) is 4.31 Å². The topological polar surface area (TPSA) is 76.1 Å². The number of aliphatic hydroxyl groups excluding tert-OH is 1. The van der Waals surface area contributed by atoms with E-state index in [0.29, 0.717) is 39.2 Å². The first kappa shape index (κ1) is 14.8. The van der Waals surface area contributed by atoms with Crippen molar-refractivity contribution in [3.8, 4) is 0 Å². The number of sulfonamides is 1. The van der Waals surface area contributed by atoms with Crippen LogP contribution in [0.15, 0.2) is 0 Å². The van der Waals surface area contributed by atoms with Crippen LogP contribution in [-0.2, 0) is 19.5 Å². The third kappa shape index (κ3) is 4.51. The molecule has 0 bridgehead atoms. The quantitative estimate of drug-likeness (QED) is 0.626. The van der Waals surface area contributed by atoms with Gasteiger partial charge in [-0.25, -0.2) is 12.7 Å². The molecule has 0 saturated carbocycles. The number of hydrogen-bond acceptors (Lipinski definition) is 5. The van der Waals surface area contributed by atoms with Gasteiger partial charge in [-0.15, -0.1) is 0 Å². The van der Waals surface area contributed by atoms with Gasteiger partial charge in [0.2, 0.25) is 10.0 Å². The first-order chi connectivity index (χ1) is 8.09. The van der Waals surface area contributed by atoms with Crippen molar-refractivity contribution in [2.24, 2.45) is 0 Å². The molecule has 0 unspecified atom stereocenters. The zero-order valence-corrected chi connectivity index (χ0v) is 11.0. The van der Waals surface area contributed by atoms with Gasteiger partial charge in [-0.1, -0.05) is 0 Å². The Kier molecular flexibility index (Phi) is 6.35. The van der Waals surface area contributed by atoms with Crippen LogP contribution in [0.4, 0.5) is 0 Å². The van der Waals surface area contributed by atoms with Crippen molar-refractivity contribution in [3.05, 3.63) is 0 Å². The molecule has 1 rings (SSSR count). The van der Waals surface area contributed by atoms with E-state index in [-0.39, 0.29) is 18.5 Å². The van der Waals surface area contributed by atoms with E-state index in [0.717, 1.165) is 0 Å². The van der Waals surface area contributed by atoms with Gasteiger partial charge in [-0.3, -0.25) is 0 Å². The summed E-state index contributed by atoms with van der Waals surface area (Å²) in [6.07, 6.45) is 1.12. The fourth-order valence-corrected chi connectivity index (χ4v) is 3.34. The SMILES string of the molecule is CN(CCOCCO)S(=O)(=O)C1CCOCC1. The van der Waals surface area contributed by atoms with Gasteiger partial charge >= 0.3 is 0 Å². The third-order valence-corrected chi connectivity index (χ3v) is 5.18. The number of nitrogens with zero attached hydrogens (tertiary/aromatic N) is 1. The average Bonchev–Trinajstić information content (AvgIpc) is 2.35. The molecule has 1 heterocycles. The second kappa shape index (κ2) is 7.27. The summed E-state index contributed by atoms with van der Waals surface area (Å²) < 4.78 is 35.8. The second-order valence-electron chi connectivity index (χ2n) is 4.01. The van der Waals surface area contributed by atoms with Crippen molar-refractivity contribution in [3.63, 3.8) is 0 Å². The lowest BCUT2D eigenvalue weighted by Gasteiger charge is -2.27. The number of hydrogen-bond donors (Lipinski definition) is 1. The summed E-state index contributed by atoms with van der Waals surface area (Å²) in [5.74, 6) is 0. The lowest BCUT2D eigenvalue weighted by Crippen LogP contribution is -2.40. The van der Waals surface area contributed by atoms with Crippen LogP contribution in [0.1, 0.15) is 12.8 Å². The van der Waals surface area contributed by atoms with Gasteiger partial charge in [-0.2, -0.15) is 0 Å². The van der Waals surface area contributed by atoms with Crippen molar-refractivity contribution < 1.29 is 23.0 Å². The molecule has 0 atom stereocenters. The van der Waals surface area contributed by atoms with Gasteiger partial charge in [0, 0.05) is 26.8 Å². The smallest absolute Gasteiger partial charge is 0.216 e. The molecule has 1 aliphatic heterocycles. The molecule has 1 N–H and O–H groups in total. The summed E-state index contributed by atoms with van der Waals surface area (Å²) in [5.41, 5.74) is 0. The van der Waals surface area contributed by atoms with E-state index in [2.05, 4.69) is 0 Å². The zero-order chi connectivity index (χ0) is 12.7. The van der Waals surface area contributed by atoms with Crippen molar-refractivity contribution in [1.29, 1.82) is 0 Å². The number of likely N-dealkylation sites (N-methyl/N-ethyl adjacent to an activating group) is 1. The zero-order valence-electron chi connectivity index (χ0n) is 10.2. The van der Waals surface area contributed by atoms with E-state index >= 15 is 0 Å². The summed E-state index contributed by atoms with van der Waals surface area (Å²) in [7, 11) is -1.68. The Bertz CT molecular complexity index is 300. The lowest BCUT2D eigenvalue weighted by molar-refractivity contribution is 0.0856.